The molecule has 0 saturated carbocycles. The van der Waals surface area contributed by atoms with Gasteiger partial charge in [-0.15, -0.1) is 0 Å². The lowest BCUT2D eigenvalue weighted by molar-refractivity contribution is -0.117. The third-order valence-electron chi connectivity index (χ3n) is 5.20. The molecule has 1 aromatic rings. The van der Waals surface area contributed by atoms with Gasteiger partial charge in [0.2, 0.25) is 5.91 Å². The van der Waals surface area contributed by atoms with Gasteiger partial charge in [0.25, 0.3) is 0 Å². The molecule has 2 atom stereocenters. The van der Waals surface area contributed by atoms with Gasteiger partial charge in [0.15, 0.2) is 11.5 Å². The highest BCUT2D eigenvalue weighted by Gasteiger charge is 2.34. The van der Waals surface area contributed by atoms with Crippen LogP contribution in [0, 0.1) is 5.92 Å². The molecule has 26 heavy (non-hydrogen) atoms. The second-order valence-corrected chi connectivity index (χ2v) is 7.59. The summed E-state index contributed by atoms with van der Waals surface area (Å²) in [6, 6.07) is 6.91. The number of carbonyl (C=O) groups excluding carboxylic acids is 1. The molecule has 1 amide bonds. The SMILES string of the molecule is CCCOc1ccc(NC(=O)CC2CC3CCC(C2)N3)cc1OCCC. The summed E-state index contributed by atoms with van der Waals surface area (Å²) in [5.74, 6) is 2.04. The van der Waals surface area contributed by atoms with Crippen LogP contribution in [0.25, 0.3) is 0 Å². The molecule has 0 aromatic heterocycles. The largest absolute Gasteiger partial charge is 0.490 e. The predicted molar refractivity (Wildman–Crippen MR) is 104 cm³/mol. The third kappa shape index (κ3) is 5.13. The topological polar surface area (TPSA) is 59.6 Å². The van der Waals surface area contributed by atoms with E-state index < -0.39 is 0 Å². The van der Waals surface area contributed by atoms with Crippen molar-refractivity contribution in [2.24, 2.45) is 5.92 Å². The first-order valence-electron chi connectivity index (χ1n) is 10.1. The fourth-order valence-corrected chi connectivity index (χ4v) is 4.06. The van der Waals surface area contributed by atoms with Crippen LogP contribution in [0.15, 0.2) is 18.2 Å². The zero-order chi connectivity index (χ0) is 18.4. The summed E-state index contributed by atoms with van der Waals surface area (Å²) in [6.07, 6.45) is 7.26. The number of hydrogen-bond donors (Lipinski definition) is 2. The normalized spacial score (nSPS) is 24.3. The summed E-state index contributed by atoms with van der Waals surface area (Å²) in [5, 5.41) is 6.68. The molecule has 144 valence electrons. The number of ether oxygens (including phenoxy) is 2. The van der Waals surface area contributed by atoms with Gasteiger partial charge in [-0.2, -0.15) is 0 Å². The highest BCUT2D eigenvalue weighted by molar-refractivity contribution is 5.91. The Labute approximate surface area is 156 Å². The number of nitrogens with one attached hydrogen (secondary N) is 2. The van der Waals surface area contributed by atoms with Gasteiger partial charge in [-0.3, -0.25) is 4.79 Å². The summed E-state index contributed by atoms with van der Waals surface area (Å²) in [5.41, 5.74) is 0.779. The zero-order valence-corrected chi connectivity index (χ0v) is 16.1. The van der Waals surface area contributed by atoms with Crippen molar-refractivity contribution in [1.82, 2.24) is 5.32 Å². The van der Waals surface area contributed by atoms with E-state index in [4.69, 9.17) is 9.47 Å². The number of anilines is 1. The van der Waals surface area contributed by atoms with E-state index in [1.165, 1.54) is 12.8 Å². The van der Waals surface area contributed by atoms with Crippen molar-refractivity contribution in [3.05, 3.63) is 18.2 Å². The molecule has 2 N–H and O–H groups in total. The Kier molecular flexibility index (Phi) is 6.78. The fraction of sp³-hybridized carbons (Fsp3) is 0.667. The van der Waals surface area contributed by atoms with Crippen molar-refractivity contribution >= 4 is 11.6 Å². The molecule has 2 fully saturated rings. The maximum absolute atomic E-state index is 12.5. The molecule has 5 heteroatoms. The first-order valence-corrected chi connectivity index (χ1v) is 10.1. The second kappa shape index (κ2) is 9.26. The van der Waals surface area contributed by atoms with Crippen LogP contribution in [-0.4, -0.2) is 31.2 Å². The summed E-state index contributed by atoms with van der Waals surface area (Å²) in [4.78, 5) is 12.5. The molecule has 5 nitrogen and oxygen atoms in total. The quantitative estimate of drug-likeness (QED) is 0.695. The molecule has 2 bridgehead atoms. The minimum absolute atomic E-state index is 0.0972. The average Bonchev–Trinajstić information content (AvgIpc) is 2.97. The second-order valence-electron chi connectivity index (χ2n) is 7.59. The van der Waals surface area contributed by atoms with E-state index in [9.17, 15) is 4.79 Å². The van der Waals surface area contributed by atoms with Crippen molar-refractivity contribution in [2.45, 2.75) is 70.9 Å². The van der Waals surface area contributed by atoms with Gasteiger partial charge in [-0.05, 0) is 56.6 Å². The molecule has 2 heterocycles. The van der Waals surface area contributed by atoms with E-state index in [0.717, 1.165) is 37.1 Å². The third-order valence-corrected chi connectivity index (χ3v) is 5.20. The zero-order valence-electron chi connectivity index (χ0n) is 16.1. The number of amides is 1. The highest BCUT2D eigenvalue weighted by Crippen LogP contribution is 2.34. The predicted octanol–water partition coefficient (Wildman–Crippen LogP) is 4.12. The van der Waals surface area contributed by atoms with Gasteiger partial charge in [0.1, 0.15) is 0 Å². The molecule has 0 aliphatic carbocycles. The molecule has 0 spiro atoms. The van der Waals surface area contributed by atoms with Gasteiger partial charge in [-0.25, -0.2) is 0 Å². The first kappa shape index (κ1) is 19.0. The van der Waals surface area contributed by atoms with Crippen molar-refractivity contribution in [1.29, 1.82) is 0 Å². The molecular formula is C21H32N2O3. The molecular weight excluding hydrogens is 328 g/mol. The van der Waals surface area contributed by atoms with Gasteiger partial charge < -0.3 is 20.1 Å². The molecule has 2 aliphatic rings. The van der Waals surface area contributed by atoms with E-state index in [0.29, 0.717) is 43.4 Å². The first-order chi connectivity index (χ1) is 12.7. The summed E-state index contributed by atoms with van der Waals surface area (Å²) in [6.45, 7) is 5.45. The maximum atomic E-state index is 12.5. The van der Waals surface area contributed by atoms with Crippen LogP contribution >= 0.6 is 0 Å². The van der Waals surface area contributed by atoms with Crippen molar-refractivity contribution in [2.75, 3.05) is 18.5 Å². The standard InChI is InChI=1S/C21H32N2O3/c1-3-9-25-19-8-7-18(14-20(19)26-10-4-2)23-21(24)13-15-11-16-5-6-17(12-15)22-16/h7-8,14-17,22H,3-6,9-13H2,1-2H3,(H,23,24). The molecule has 2 saturated heterocycles. The number of rotatable bonds is 9. The molecule has 3 rings (SSSR count). The minimum atomic E-state index is 0.0972. The minimum Gasteiger partial charge on any atom is -0.490 e. The summed E-state index contributed by atoms with van der Waals surface area (Å²) < 4.78 is 11.6. The fourth-order valence-electron chi connectivity index (χ4n) is 4.06. The van der Waals surface area contributed by atoms with Crippen LogP contribution in [0.2, 0.25) is 0 Å². The van der Waals surface area contributed by atoms with E-state index in [-0.39, 0.29) is 5.91 Å². The number of hydrogen-bond acceptors (Lipinski definition) is 4. The number of piperidine rings is 1. The highest BCUT2D eigenvalue weighted by atomic mass is 16.5. The molecule has 1 aromatic carbocycles. The van der Waals surface area contributed by atoms with Crippen molar-refractivity contribution in [3.8, 4) is 11.5 Å². The average molecular weight is 360 g/mol. The Morgan fingerprint density at radius 1 is 1.08 bits per heavy atom. The van der Waals surface area contributed by atoms with E-state index in [1.54, 1.807) is 0 Å². The van der Waals surface area contributed by atoms with Crippen LogP contribution < -0.4 is 20.1 Å². The Hall–Kier alpha value is -1.75. The monoisotopic (exact) mass is 360 g/mol. The van der Waals surface area contributed by atoms with Crippen LogP contribution in [0.3, 0.4) is 0 Å². The number of fused-ring (bicyclic) bond motifs is 2. The van der Waals surface area contributed by atoms with Crippen molar-refractivity contribution < 1.29 is 14.3 Å². The van der Waals surface area contributed by atoms with Gasteiger partial charge >= 0.3 is 0 Å². The van der Waals surface area contributed by atoms with Crippen LogP contribution in [0.5, 0.6) is 11.5 Å². The lowest BCUT2D eigenvalue weighted by Gasteiger charge is -2.28. The Bertz CT molecular complexity index is 593. The molecule has 2 unspecified atom stereocenters. The molecule has 0 radical (unpaired) electrons. The Morgan fingerprint density at radius 2 is 1.73 bits per heavy atom. The maximum Gasteiger partial charge on any atom is 0.224 e. The smallest absolute Gasteiger partial charge is 0.224 e. The number of carbonyl (C=O) groups is 1. The summed E-state index contributed by atoms with van der Waals surface area (Å²) >= 11 is 0. The lowest BCUT2D eigenvalue weighted by atomic mass is 9.89. The Morgan fingerprint density at radius 3 is 2.38 bits per heavy atom. The van der Waals surface area contributed by atoms with Crippen LogP contribution in [0.4, 0.5) is 5.69 Å². The van der Waals surface area contributed by atoms with Crippen LogP contribution in [0.1, 0.15) is 58.8 Å². The van der Waals surface area contributed by atoms with Crippen molar-refractivity contribution in [3.63, 3.8) is 0 Å². The summed E-state index contributed by atoms with van der Waals surface area (Å²) in [7, 11) is 0. The van der Waals surface area contributed by atoms with E-state index in [2.05, 4.69) is 24.5 Å². The van der Waals surface area contributed by atoms with E-state index >= 15 is 0 Å². The van der Waals surface area contributed by atoms with Gasteiger partial charge in [-0.1, -0.05) is 13.8 Å². The Balaban J connectivity index is 1.58. The number of benzene rings is 1. The van der Waals surface area contributed by atoms with E-state index in [1.807, 2.05) is 18.2 Å². The van der Waals surface area contributed by atoms with Gasteiger partial charge in [0, 0.05) is 30.3 Å². The molecule has 2 aliphatic heterocycles. The lowest BCUT2D eigenvalue weighted by Crippen LogP contribution is -2.39. The van der Waals surface area contributed by atoms with Gasteiger partial charge in [0.05, 0.1) is 13.2 Å². The van der Waals surface area contributed by atoms with Crippen LogP contribution in [-0.2, 0) is 4.79 Å².